The normalized spacial score (nSPS) is 18.3. The first-order valence-electron chi connectivity index (χ1n) is 6.43. The summed E-state index contributed by atoms with van der Waals surface area (Å²) in [5.41, 5.74) is 2.19. The van der Waals surface area contributed by atoms with E-state index < -0.39 is 0 Å². The summed E-state index contributed by atoms with van der Waals surface area (Å²) in [7, 11) is 1.87. The molecule has 0 saturated carbocycles. The Hall–Kier alpha value is -1.62. The maximum absolute atomic E-state index is 12.1. The highest BCUT2D eigenvalue weighted by atomic mass is 16.2. The topological polar surface area (TPSA) is 59.0 Å². The summed E-state index contributed by atoms with van der Waals surface area (Å²) >= 11 is 0. The molecular weight excluding hydrogens is 228 g/mol. The zero-order chi connectivity index (χ0) is 13.1. The van der Waals surface area contributed by atoms with Crippen LogP contribution in [0.3, 0.4) is 0 Å². The molecule has 0 fully saturated rings. The van der Waals surface area contributed by atoms with Crippen molar-refractivity contribution in [1.29, 1.82) is 0 Å². The van der Waals surface area contributed by atoms with Gasteiger partial charge in [-0.3, -0.25) is 14.8 Å². The molecule has 0 spiro atoms. The Morgan fingerprint density at radius 1 is 1.56 bits per heavy atom. The van der Waals surface area contributed by atoms with E-state index in [0.29, 0.717) is 0 Å². The fourth-order valence-corrected chi connectivity index (χ4v) is 2.28. The molecule has 5 nitrogen and oxygen atoms in total. The highest BCUT2D eigenvalue weighted by Crippen LogP contribution is 2.20. The van der Waals surface area contributed by atoms with Gasteiger partial charge in [-0.1, -0.05) is 26.0 Å². The van der Waals surface area contributed by atoms with E-state index in [0.717, 1.165) is 36.5 Å². The molecule has 1 aliphatic heterocycles. The Labute approximate surface area is 107 Å². The molecule has 0 saturated heterocycles. The molecule has 98 valence electrons. The van der Waals surface area contributed by atoms with Gasteiger partial charge in [-0.25, -0.2) is 0 Å². The van der Waals surface area contributed by atoms with E-state index in [2.05, 4.69) is 29.6 Å². The summed E-state index contributed by atoms with van der Waals surface area (Å²) in [6, 6.07) is -0.227. The zero-order valence-electron chi connectivity index (χ0n) is 11.2. The van der Waals surface area contributed by atoms with E-state index in [1.165, 1.54) is 0 Å². The van der Waals surface area contributed by atoms with E-state index in [1.54, 1.807) is 4.68 Å². The van der Waals surface area contributed by atoms with E-state index in [-0.39, 0.29) is 11.9 Å². The molecule has 1 unspecified atom stereocenters. The quantitative estimate of drug-likeness (QED) is 0.782. The van der Waals surface area contributed by atoms with Crippen LogP contribution in [0.1, 0.15) is 25.1 Å². The lowest BCUT2D eigenvalue weighted by molar-refractivity contribution is -0.117. The van der Waals surface area contributed by atoms with E-state index in [4.69, 9.17) is 0 Å². The Balaban J connectivity index is 2.20. The first-order chi connectivity index (χ1) is 8.67. The van der Waals surface area contributed by atoms with Gasteiger partial charge in [0, 0.05) is 19.2 Å². The average molecular weight is 248 g/mol. The minimum Gasteiger partial charge on any atom is -0.309 e. The predicted octanol–water partition coefficient (Wildman–Crippen LogP) is 1.01. The molecule has 1 amide bonds. The lowest BCUT2D eigenvalue weighted by atomic mass is 10.1. The highest BCUT2D eigenvalue weighted by Gasteiger charge is 2.21. The van der Waals surface area contributed by atoms with Gasteiger partial charge in [0.15, 0.2) is 0 Å². The summed E-state index contributed by atoms with van der Waals surface area (Å²) in [6.45, 7) is 4.91. The molecule has 2 N–H and O–H groups in total. The standard InChI is InChI=1S/C13H20N4O/c1-4-9-10(5-2)16-17(3)12(9)15-13(18)11-7-6-8-14-11/h6-7,11,14H,4-5,8H2,1-3H3,(H,15,18). The third-order valence-corrected chi connectivity index (χ3v) is 3.23. The second-order valence-corrected chi connectivity index (χ2v) is 4.41. The average Bonchev–Trinajstić information content (AvgIpc) is 2.98. The van der Waals surface area contributed by atoms with Crippen molar-refractivity contribution < 1.29 is 4.79 Å². The second-order valence-electron chi connectivity index (χ2n) is 4.41. The first kappa shape index (κ1) is 12.8. The maximum Gasteiger partial charge on any atom is 0.246 e. The maximum atomic E-state index is 12.1. The summed E-state index contributed by atoms with van der Waals surface area (Å²) in [6.07, 6.45) is 5.61. The molecule has 0 aliphatic carbocycles. The van der Waals surface area contributed by atoms with Gasteiger partial charge in [0.2, 0.25) is 5.91 Å². The van der Waals surface area contributed by atoms with Crippen LogP contribution in [-0.4, -0.2) is 28.3 Å². The Morgan fingerprint density at radius 3 is 2.89 bits per heavy atom. The second kappa shape index (κ2) is 5.35. The molecule has 2 rings (SSSR count). The van der Waals surface area contributed by atoms with Gasteiger partial charge in [-0.15, -0.1) is 0 Å². The molecule has 1 atom stereocenters. The van der Waals surface area contributed by atoms with E-state index >= 15 is 0 Å². The molecular formula is C13H20N4O. The Kier molecular flexibility index (Phi) is 3.81. The molecule has 0 aromatic carbocycles. The highest BCUT2D eigenvalue weighted by molar-refractivity contribution is 5.96. The van der Waals surface area contributed by atoms with Gasteiger partial charge in [0.1, 0.15) is 11.9 Å². The predicted molar refractivity (Wildman–Crippen MR) is 71.5 cm³/mol. The van der Waals surface area contributed by atoms with Crippen LogP contribution in [0.15, 0.2) is 12.2 Å². The summed E-state index contributed by atoms with van der Waals surface area (Å²) in [4.78, 5) is 12.1. The summed E-state index contributed by atoms with van der Waals surface area (Å²) in [5, 5.41) is 10.5. The van der Waals surface area contributed by atoms with Gasteiger partial charge < -0.3 is 5.32 Å². The molecule has 1 aromatic rings. The van der Waals surface area contributed by atoms with E-state index in [1.807, 2.05) is 19.2 Å². The van der Waals surface area contributed by atoms with Crippen molar-refractivity contribution in [1.82, 2.24) is 15.1 Å². The van der Waals surface area contributed by atoms with Crippen molar-refractivity contribution >= 4 is 11.7 Å². The molecule has 1 aliphatic rings. The number of carbonyl (C=O) groups is 1. The van der Waals surface area contributed by atoms with Gasteiger partial charge in [0.05, 0.1) is 5.69 Å². The van der Waals surface area contributed by atoms with Gasteiger partial charge in [0.25, 0.3) is 0 Å². The number of rotatable bonds is 4. The van der Waals surface area contributed by atoms with Crippen molar-refractivity contribution in [3.05, 3.63) is 23.4 Å². The smallest absolute Gasteiger partial charge is 0.246 e. The van der Waals surface area contributed by atoms with Crippen molar-refractivity contribution in [3.8, 4) is 0 Å². The molecule has 0 bridgehead atoms. The van der Waals surface area contributed by atoms with Crippen molar-refractivity contribution in [2.75, 3.05) is 11.9 Å². The Morgan fingerprint density at radius 2 is 2.33 bits per heavy atom. The van der Waals surface area contributed by atoms with Crippen LogP contribution in [0.2, 0.25) is 0 Å². The minimum atomic E-state index is -0.227. The summed E-state index contributed by atoms with van der Waals surface area (Å²) in [5.74, 6) is 0.797. The largest absolute Gasteiger partial charge is 0.309 e. The van der Waals surface area contributed by atoms with Crippen LogP contribution in [-0.2, 0) is 24.7 Å². The third kappa shape index (κ3) is 2.31. The Bertz CT molecular complexity index is 476. The fraction of sp³-hybridized carbons (Fsp3) is 0.538. The minimum absolute atomic E-state index is 0.0240. The van der Waals surface area contributed by atoms with Crippen molar-refractivity contribution in [2.24, 2.45) is 7.05 Å². The van der Waals surface area contributed by atoms with Crippen LogP contribution in [0, 0.1) is 0 Å². The van der Waals surface area contributed by atoms with Crippen molar-refractivity contribution in [3.63, 3.8) is 0 Å². The molecule has 0 radical (unpaired) electrons. The van der Waals surface area contributed by atoms with E-state index in [9.17, 15) is 4.79 Å². The van der Waals surface area contributed by atoms with Crippen LogP contribution >= 0.6 is 0 Å². The lowest BCUT2D eigenvalue weighted by Crippen LogP contribution is -2.36. The molecule has 2 heterocycles. The van der Waals surface area contributed by atoms with Gasteiger partial charge >= 0.3 is 0 Å². The first-order valence-corrected chi connectivity index (χ1v) is 6.43. The zero-order valence-corrected chi connectivity index (χ0v) is 11.2. The number of amides is 1. The number of carbonyl (C=O) groups excluding carboxylic acids is 1. The number of hydrogen-bond acceptors (Lipinski definition) is 3. The van der Waals surface area contributed by atoms with Crippen LogP contribution in [0.4, 0.5) is 5.82 Å². The number of anilines is 1. The number of aromatic nitrogens is 2. The van der Waals surface area contributed by atoms with Gasteiger partial charge in [-0.05, 0) is 12.8 Å². The number of nitrogens with one attached hydrogen (secondary N) is 2. The summed E-state index contributed by atoms with van der Waals surface area (Å²) < 4.78 is 1.76. The third-order valence-electron chi connectivity index (χ3n) is 3.23. The van der Waals surface area contributed by atoms with Gasteiger partial charge in [-0.2, -0.15) is 5.10 Å². The number of nitrogens with zero attached hydrogens (tertiary/aromatic N) is 2. The molecule has 1 aromatic heterocycles. The lowest BCUT2D eigenvalue weighted by Gasteiger charge is -2.11. The van der Waals surface area contributed by atoms with Crippen LogP contribution < -0.4 is 10.6 Å². The van der Waals surface area contributed by atoms with Crippen LogP contribution in [0.5, 0.6) is 0 Å². The number of aryl methyl sites for hydroxylation is 2. The monoisotopic (exact) mass is 248 g/mol. The molecule has 18 heavy (non-hydrogen) atoms. The SMILES string of the molecule is CCc1nn(C)c(NC(=O)C2C=CCN2)c1CC. The van der Waals surface area contributed by atoms with Crippen molar-refractivity contribution in [2.45, 2.75) is 32.7 Å². The number of hydrogen-bond donors (Lipinski definition) is 2. The fourth-order valence-electron chi connectivity index (χ4n) is 2.28. The molecule has 5 heteroatoms. The van der Waals surface area contributed by atoms with Crippen LogP contribution in [0.25, 0.3) is 0 Å².